The number of nitrogens with one attached hydrogen (secondary N) is 1. The van der Waals surface area contributed by atoms with Crippen LogP contribution in [0.4, 0.5) is 5.69 Å². The molecule has 0 aliphatic carbocycles. The summed E-state index contributed by atoms with van der Waals surface area (Å²) in [5.41, 5.74) is 2.44. The first-order chi connectivity index (χ1) is 6.72. The van der Waals surface area contributed by atoms with Crippen LogP contribution in [0.25, 0.3) is 0 Å². The van der Waals surface area contributed by atoms with Crippen molar-refractivity contribution < 1.29 is 0 Å². The second-order valence-corrected chi connectivity index (χ2v) is 4.73. The molecule has 1 N–H and O–H groups in total. The zero-order valence-corrected chi connectivity index (χ0v) is 9.06. The van der Waals surface area contributed by atoms with E-state index in [-0.39, 0.29) is 11.3 Å². The van der Waals surface area contributed by atoms with Gasteiger partial charge in [0.1, 0.15) is 5.25 Å². The molecular weight excluding hydrogens is 192 g/mol. The molecule has 2 rings (SSSR count). The number of para-hydroxylation sites is 1. The number of thioether (sulfide) groups is 1. The lowest BCUT2D eigenvalue weighted by atomic mass is 10.1. The predicted octanol–water partition coefficient (Wildman–Crippen LogP) is 2.79. The van der Waals surface area contributed by atoms with Crippen molar-refractivity contribution in [2.45, 2.75) is 30.0 Å². The lowest BCUT2D eigenvalue weighted by Crippen LogP contribution is -2.31. The zero-order chi connectivity index (χ0) is 10.1. The van der Waals surface area contributed by atoms with Gasteiger partial charge in [-0.1, -0.05) is 12.1 Å². The Morgan fingerprint density at radius 2 is 2.29 bits per heavy atom. The third-order valence-electron chi connectivity index (χ3n) is 2.44. The molecule has 0 radical (unpaired) electrons. The van der Waals surface area contributed by atoms with Crippen molar-refractivity contribution in [1.29, 1.82) is 5.26 Å². The van der Waals surface area contributed by atoms with E-state index in [1.54, 1.807) is 11.8 Å². The first-order valence-electron chi connectivity index (χ1n) is 4.65. The summed E-state index contributed by atoms with van der Waals surface area (Å²) in [4.78, 5) is 1.19. The largest absolute Gasteiger partial charge is 0.379 e. The molecule has 0 bridgehead atoms. The van der Waals surface area contributed by atoms with E-state index in [1.807, 2.05) is 6.07 Å². The third-order valence-corrected chi connectivity index (χ3v) is 3.80. The van der Waals surface area contributed by atoms with E-state index in [9.17, 15) is 0 Å². The number of nitriles is 1. The van der Waals surface area contributed by atoms with Gasteiger partial charge in [-0.3, -0.25) is 0 Å². The van der Waals surface area contributed by atoms with Crippen LogP contribution < -0.4 is 5.32 Å². The molecule has 2 unspecified atom stereocenters. The predicted molar refractivity (Wildman–Crippen MR) is 59.5 cm³/mol. The molecule has 2 atom stereocenters. The minimum absolute atomic E-state index is 0.0179. The van der Waals surface area contributed by atoms with Crippen LogP contribution in [0.5, 0.6) is 0 Å². The van der Waals surface area contributed by atoms with Gasteiger partial charge in [-0.05, 0) is 25.5 Å². The van der Waals surface area contributed by atoms with E-state index in [0.717, 1.165) is 0 Å². The van der Waals surface area contributed by atoms with Gasteiger partial charge >= 0.3 is 0 Å². The smallest absolute Gasteiger partial charge is 0.116 e. The van der Waals surface area contributed by atoms with Crippen LogP contribution in [0, 0.1) is 18.3 Å². The molecule has 0 fully saturated rings. The third kappa shape index (κ3) is 1.46. The molecule has 0 saturated heterocycles. The molecule has 0 amide bonds. The average Bonchev–Trinajstić information content (AvgIpc) is 2.19. The number of hydrogen-bond donors (Lipinski definition) is 1. The standard InChI is InChI=1S/C11H12N2S/c1-7-4-3-5-9-11(7)13-8(2)10(6-12)14-9/h3-5,8,10,13H,1-2H3. The van der Waals surface area contributed by atoms with Gasteiger partial charge in [-0.2, -0.15) is 5.26 Å². The highest BCUT2D eigenvalue weighted by Gasteiger charge is 2.25. The molecular formula is C11H12N2S. The lowest BCUT2D eigenvalue weighted by molar-refractivity contribution is 0.817. The van der Waals surface area contributed by atoms with Crippen molar-refractivity contribution in [1.82, 2.24) is 0 Å². The topological polar surface area (TPSA) is 35.8 Å². The molecule has 0 spiro atoms. The van der Waals surface area contributed by atoms with Crippen molar-refractivity contribution in [2.75, 3.05) is 5.32 Å². The van der Waals surface area contributed by atoms with Gasteiger partial charge in [0, 0.05) is 10.9 Å². The van der Waals surface area contributed by atoms with Gasteiger partial charge in [-0.15, -0.1) is 11.8 Å². The van der Waals surface area contributed by atoms with Gasteiger partial charge in [0.05, 0.1) is 11.8 Å². The summed E-state index contributed by atoms with van der Waals surface area (Å²) in [6.45, 7) is 4.14. The summed E-state index contributed by atoms with van der Waals surface area (Å²) in [6.07, 6.45) is 0. The summed E-state index contributed by atoms with van der Waals surface area (Å²) in [5, 5.41) is 12.3. The Morgan fingerprint density at radius 1 is 1.50 bits per heavy atom. The van der Waals surface area contributed by atoms with Gasteiger partial charge in [0.2, 0.25) is 0 Å². The molecule has 1 aliphatic heterocycles. The second-order valence-electron chi connectivity index (χ2n) is 3.55. The van der Waals surface area contributed by atoms with E-state index < -0.39 is 0 Å². The minimum atomic E-state index is 0.0179. The van der Waals surface area contributed by atoms with Gasteiger partial charge in [-0.25, -0.2) is 0 Å². The number of fused-ring (bicyclic) bond motifs is 1. The second kappa shape index (κ2) is 3.55. The Bertz CT molecular complexity index is 395. The number of hydrogen-bond acceptors (Lipinski definition) is 3. The highest BCUT2D eigenvalue weighted by atomic mass is 32.2. The number of aryl methyl sites for hydroxylation is 1. The van der Waals surface area contributed by atoms with Crippen LogP contribution in [-0.4, -0.2) is 11.3 Å². The number of anilines is 1. The first kappa shape index (κ1) is 9.42. The normalized spacial score (nSPS) is 24.6. The molecule has 1 aromatic rings. The summed E-state index contributed by atoms with van der Waals surface area (Å²) in [5.74, 6) is 0. The maximum absolute atomic E-state index is 8.95. The van der Waals surface area contributed by atoms with E-state index in [0.29, 0.717) is 0 Å². The molecule has 2 nitrogen and oxygen atoms in total. The Morgan fingerprint density at radius 3 is 3.00 bits per heavy atom. The zero-order valence-electron chi connectivity index (χ0n) is 8.24. The lowest BCUT2D eigenvalue weighted by Gasteiger charge is -2.28. The van der Waals surface area contributed by atoms with Gasteiger partial charge in [0.25, 0.3) is 0 Å². The van der Waals surface area contributed by atoms with E-state index in [2.05, 4.69) is 37.4 Å². The Labute approximate surface area is 88.3 Å². The Hall–Kier alpha value is -1.14. The van der Waals surface area contributed by atoms with Gasteiger partial charge < -0.3 is 5.32 Å². The Balaban J connectivity index is 2.41. The number of rotatable bonds is 0. The summed E-state index contributed by atoms with van der Waals surface area (Å²) in [7, 11) is 0. The van der Waals surface area contributed by atoms with Gasteiger partial charge in [0.15, 0.2) is 0 Å². The van der Waals surface area contributed by atoms with Crippen LogP contribution in [-0.2, 0) is 0 Å². The SMILES string of the molecule is Cc1cccc2c1NC(C)C(C#N)S2. The number of benzene rings is 1. The van der Waals surface area contributed by atoms with Crippen LogP contribution in [0.1, 0.15) is 12.5 Å². The first-order valence-corrected chi connectivity index (χ1v) is 5.53. The van der Waals surface area contributed by atoms with Crippen LogP contribution in [0.15, 0.2) is 23.1 Å². The van der Waals surface area contributed by atoms with E-state index >= 15 is 0 Å². The maximum atomic E-state index is 8.95. The monoisotopic (exact) mass is 204 g/mol. The van der Waals surface area contributed by atoms with Crippen molar-refractivity contribution in [3.63, 3.8) is 0 Å². The summed E-state index contributed by atoms with van der Waals surface area (Å²) >= 11 is 1.66. The molecule has 1 aromatic carbocycles. The number of nitrogens with zero attached hydrogens (tertiary/aromatic N) is 1. The highest BCUT2D eigenvalue weighted by molar-refractivity contribution is 8.00. The average molecular weight is 204 g/mol. The fourth-order valence-corrected chi connectivity index (χ4v) is 2.70. The van der Waals surface area contributed by atoms with Crippen LogP contribution in [0.3, 0.4) is 0 Å². The molecule has 1 heterocycles. The van der Waals surface area contributed by atoms with Crippen molar-refractivity contribution in [2.24, 2.45) is 0 Å². The Kier molecular flexibility index (Phi) is 2.39. The molecule has 72 valence electrons. The maximum Gasteiger partial charge on any atom is 0.116 e. The summed E-state index contributed by atoms with van der Waals surface area (Å²) < 4.78 is 0. The fraction of sp³-hybridized carbons (Fsp3) is 0.364. The molecule has 0 saturated carbocycles. The van der Waals surface area contributed by atoms with Crippen LogP contribution >= 0.6 is 11.8 Å². The minimum Gasteiger partial charge on any atom is -0.379 e. The van der Waals surface area contributed by atoms with Crippen LogP contribution in [0.2, 0.25) is 0 Å². The van der Waals surface area contributed by atoms with Crippen molar-refractivity contribution in [3.8, 4) is 6.07 Å². The molecule has 3 heteroatoms. The fourth-order valence-electron chi connectivity index (χ4n) is 1.60. The summed E-state index contributed by atoms with van der Waals surface area (Å²) in [6, 6.07) is 8.73. The quantitative estimate of drug-likeness (QED) is 0.706. The van der Waals surface area contributed by atoms with Crippen molar-refractivity contribution in [3.05, 3.63) is 23.8 Å². The molecule has 0 aromatic heterocycles. The molecule has 14 heavy (non-hydrogen) atoms. The highest BCUT2D eigenvalue weighted by Crippen LogP contribution is 2.38. The van der Waals surface area contributed by atoms with E-state index in [1.165, 1.54) is 16.1 Å². The van der Waals surface area contributed by atoms with E-state index in [4.69, 9.17) is 5.26 Å². The van der Waals surface area contributed by atoms with Crippen molar-refractivity contribution >= 4 is 17.4 Å². The molecule has 1 aliphatic rings.